The van der Waals surface area contributed by atoms with Gasteiger partial charge in [0.05, 0.1) is 20.8 Å². The molecule has 0 fully saturated rings. The topological polar surface area (TPSA) is 66.0 Å². The second kappa shape index (κ2) is 7.12. The Hall–Kier alpha value is -2.89. The van der Waals surface area contributed by atoms with Gasteiger partial charge in [0, 0.05) is 5.56 Å². The molecule has 2 aromatic rings. The van der Waals surface area contributed by atoms with Crippen molar-refractivity contribution in [1.29, 1.82) is 0 Å². The van der Waals surface area contributed by atoms with E-state index in [1.807, 2.05) is 24.3 Å². The Morgan fingerprint density at radius 3 is 2.62 bits per heavy atom. The number of rotatable bonds is 5. The van der Waals surface area contributed by atoms with Gasteiger partial charge in [-0.1, -0.05) is 12.1 Å². The summed E-state index contributed by atoms with van der Waals surface area (Å²) in [7, 11) is 3.08. The van der Waals surface area contributed by atoms with Gasteiger partial charge in [-0.25, -0.2) is 0 Å². The summed E-state index contributed by atoms with van der Waals surface area (Å²) in [5.74, 6) is 2.29. The molecule has 6 heteroatoms. The average Bonchev–Trinajstić information content (AvgIpc) is 2.65. The molecule has 1 aliphatic heterocycles. The molecule has 0 bridgehead atoms. The summed E-state index contributed by atoms with van der Waals surface area (Å²) in [5, 5.41) is 2.85. The fourth-order valence-electron chi connectivity index (χ4n) is 2.45. The molecule has 0 radical (unpaired) electrons. The molecule has 0 saturated heterocycles. The number of methoxy groups -OCH3 is 2. The van der Waals surface area contributed by atoms with E-state index in [4.69, 9.17) is 18.9 Å². The molecule has 0 aromatic heterocycles. The summed E-state index contributed by atoms with van der Waals surface area (Å²) >= 11 is 0. The minimum Gasteiger partial charge on any atom is -0.493 e. The first-order valence-electron chi connectivity index (χ1n) is 7.60. The summed E-state index contributed by atoms with van der Waals surface area (Å²) in [5.41, 5.74) is 0.491. The van der Waals surface area contributed by atoms with E-state index in [1.54, 1.807) is 25.3 Å². The summed E-state index contributed by atoms with van der Waals surface area (Å²) in [6.45, 7) is 0.741. The van der Waals surface area contributed by atoms with Gasteiger partial charge in [-0.2, -0.15) is 0 Å². The van der Waals surface area contributed by atoms with Crippen LogP contribution in [0, 0.1) is 0 Å². The Morgan fingerprint density at radius 2 is 1.88 bits per heavy atom. The molecular formula is C18H19NO5. The van der Waals surface area contributed by atoms with Crippen molar-refractivity contribution in [3.8, 4) is 23.0 Å². The van der Waals surface area contributed by atoms with Crippen molar-refractivity contribution in [2.24, 2.45) is 0 Å². The lowest BCUT2D eigenvalue weighted by Crippen LogP contribution is -2.40. The zero-order valence-corrected chi connectivity index (χ0v) is 13.6. The maximum Gasteiger partial charge on any atom is 0.251 e. The highest BCUT2D eigenvalue weighted by Crippen LogP contribution is 2.31. The molecular weight excluding hydrogens is 310 g/mol. The monoisotopic (exact) mass is 329 g/mol. The normalized spacial score (nSPS) is 15.5. The minimum absolute atomic E-state index is 0.210. The van der Waals surface area contributed by atoms with E-state index in [0.717, 1.165) is 5.75 Å². The van der Waals surface area contributed by atoms with Crippen LogP contribution in [0.25, 0.3) is 0 Å². The molecule has 0 aliphatic carbocycles. The number of ether oxygens (including phenoxy) is 4. The molecule has 1 heterocycles. The molecule has 24 heavy (non-hydrogen) atoms. The van der Waals surface area contributed by atoms with Crippen LogP contribution in [0.3, 0.4) is 0 Å². The van der Waals surface area contributed by atoms with Crippen LogP contribution in [0.2, 0.25) is 0 Å². The highest BCUT2D eigenvalue weighted by atomic mass is 16.6. The highest BCUT2D eigenvalue weighted by Gasteiger charge is 2.21. The first-order valence-corrected chi connectivity index (χ1v) is 7.60. The van der Waals surface area contributed by atoms with Gasteiger partial charge >= 0.3 is 0 Å². The van der Waals surface area contributed by atoms with Crippen molar-refractivity contribution in [3.63, 3.8) is 0 Å². The molecule has 1 atom stereocenters. The number of fused-ring (bicyclic) bond motifs is 1. The van der Waals surface area contributed by atoms with Gasteiger partial charge in [0.1, 0.15) is 12.7 Å². The first kappa shape index (κ1) is 16.0. The summed E-state index contributed by atoms with van der Waals surface area (Å²) in [4.78, 5) is 12.3. The fourth-order valence-corrected chi connectivity index (χ4v) is 2.45. The molecule has 6 nitrogen and oxygen atoms in total. The minimum atomic E-state index is -0.232. The van der Waals surface area contributed by atoms with Gasteiger partial charge in [-0.05, 0) is 30.3 Å². The lowest BCUT2D eigenvalue weighted by atomic mass is 10.2. The lowest BCUT2D eigenvalue weighted by molar-refractivity contribution is 0.0789. The molecule has 1 amide bonds. The first-order chi connectivity index (χ1) is 11.7. The average molecular weight is 329 g/mol. The zero-order chi connectivity index (χ0) is 16.9. The standard InChI is InChI=1S/C18H19NO5/c1-21-14-8-7-12(9-17(14)22-2)18(20)19-10-13-11-23-15-5-3-4-6-16(15)24-13/h3-9,13H,10-11H2,1-2H3,(H,19,20)/t13-/m0/s1. The number of para-hydroxylation sites is 2. The van der Waals surface area contributed by atoms with Crippen LogP contribution in [0.1, 0.15) is 10.4 Å². The Labute approximate surface area is 140 Å². The van der Waals surface area contributed by atoms with E-state index in [2.05, 4.69) is 5.32 Å². The van der Waals surface area contributed by atoms with E-state index < -0.39 is 0 Å². The van der Waals surface area contributed by atoms with Crippen molar-refractivity contribution >= 4 is 5.91 Å². The van der Waals surface area contributed by atoms with Gasteiger partial charge in [0.25, 0.3) is 5.91 Å². The van der Waals surface area contributed by atoms with Crippen LogP contribution in [-0.2, 0) is 0 Å². The van der Waals surface area contributed by atoms with Gasteiger partial charge in [0.15, 0.2) is 23.0 Å². The van der Waals surface area contributed by atoms with E-state index in [0.29, 0.717) is 36.0 Å². The zero-order valence-electron chi connectivity index (χ0n) is 13.6. The van der Waals surface area contributed by atoms with Crippen LogP contribution in [0.15, 0.2) is 42.5 Å². The largest absolute Gasteiger partial charge is 0.493 e. The predicted octanol–water partition coefficient (Wildman–Crippen LogP) is 2.27. The number of carbonyl (C=O) groups excluding carboxylic acids is 1. The van der Waals surface area contributed by atoms with Crippen molar-refractivity contribution in [2.75, 3.05) is 27.4 Å². The Kier molecular flexibility index (Phi) is 4.74. The molecule has 2 aromatic carbocycles. The quantitative estimate of drug-likeness (QED) is 0.911. The summed E-state index contributed by atoms with van der Waals surface area (Å²) in [6, 6.07) is 12.5. The van der Waals surface area contributed by atoms with Crippen LogP contribution >= 0.6 is 0 Å². The maximum absolute atomic E-state index is 12.3. The third-order valence-electron chi connectivity index (χ3n) is 3.70. The van der Waals surface area contributed by atoms with E-state index >= 15 is 0 Å². The Morgan fingerprint density at radius 1 is 1.12 bits per heavy atom. The SMILES string of the molecule is COc1ccc(C(=O)NC[C@H]2COc3ccccc3O2)cc1OC. The Bertz CT molecular complexity index is 731. The smallest absolute Gasteiger partial charge is 0.251 e. The molecule has 0 saturated carbocycles. The summed E-state index contributed by atoms with van der Waals surface area (Å²) < 4.78 is 21.8. The molecule has 1 N–H and O–H groups in total. The van der Waals surface area contributed by atoms with E-state index in [1.165, 1.54) is 7.11 Å². The fraction of sp³-hybridized carbons (Fsp3) is 0.278. The number of nitrogens with one attached hydrogen (secondary N) is 1. The second-order valence-electron chi connectivity index (χ2n) is 5.28. The van der Waals surface area contributed by atoms with Crippen LogP contribution in [0.4, 0.5) is 0 Å². The van der Waals surface area contributed by atoms with Crippen molar-refractivity contribution in [3.05, 3.63) is 48.0 Å². The third-order valence-corrected chi connectivity index (χ3v) is 3.70. The number of amides is 1. The number of hydrogen-bond donors (Lipinski definition) is 1. The van der Waals surface area contributed by atoms with E-state index in [-0.39, 0.29) is 12.0 Å². The van der Waals surface area contributed by atoms with Gasteiger partial charge in [-0.3, -0.25) is 4.79 Å². The predicted molar refractivity (Wildman–Crippen MR) is 88.2 cm³/mol. The highest BCUT2D eigenvalue weighted by molar-refractivity contribution is 5.94. The van der Waals surface area contributed by atoms with E-state index in [9.17, 15) is 4.79 Å². The summed E-state index contributed by atoms with van der Waals surface area (Å²) in [6.07, 6.45) is -0.232. The molecule has 1 aliphatic rings. The Balaban J connectivity index is 1.60. The third kappa shape index (κ3) is 3.37. The van der Waals surface area contributed by atoms with Crippen molar-refractivity contribution in [2.45, 2.75) is 6.10 Å². The molecule has 0 unspecified atom stereocenters. The second-order valence-corrected chi connectivity index (χ2v) is 5.28. The maximum atomic E-state index is 12.3. The van der Waals surface area contributed by atoms with Gasteiger partial charge < -0.3 is 24.3 Å². The van der Waals surface area contributed by atoms with Gasteiger partial charge in [-0.15, -0.1) is 0 Å². The van der Waals surface area contributed by atoms with Crippen LogP contribution < -0.4 is 24.3 Å². The van der Waals surface area contributed by atoms with Crippen molar-refractivity contribution in [1.82, 2.24) is 5.32 Å². The number of benzene rings is 2. The molecule has 126 valence electrons. The van der Waals surface area contributed by atoms with Crippen molar-refractivity contribution < 1.29 is 23.7 Å². The lowest BCUT2D eigenvalue weighted by Gasteiger charge is -2.26. The van der Waals surface area contributed by atoms with Crippen LogP contribution in [-0.4, -0.2) is 39.4 Å². The van der Waals surface area contributed by atoms with Crippen LogP contribution in [0.5, 0.6) is 23.0 Å². The number of hydrogen-bond acceptors (Lipinski definition) is 5. The number of carbonyl (C=O) groups is 1. The van der Waals surface area contributed by atoms with Gasteiger partial charge in [0.2, 0.25) is 0 Å². The molecule has 3 rings (SSSR count). The molecule has 0 spiro atoms.